The van der Waals surface area contributed by atoms with Crippen molar-refractivity contribution in [3.63, 3.8) is 0 Å². The molecule has 0 spiro atoms. The number of hydrogen-bond acceptors (Lipinski definition) is 5. The number of carbonyl (C=O) groups excluding carboxylic acids is 1. The van der Waals surface area contributed by atoms with Gasteiger partial charge in [0.1, 0.15) is 17.8 Å². The van der Waals surface area contributed by atoms with Crippen molar-refractivity contribution in [2.24, 2.45) is 7.05 Å². The zero-order chi connectivity index (χ0) is 18.2. The second-order valence-corrected chi connectivity index (χ2v) is 5.96. The van der Waals surface area contributed by atoms with Crippen LogP contribution in [-0.2, 0) is 13.2 Å². The van der Waals surface area contributed by atoms with E-state index in [1.807, 2.05) is 6.92 Å². The zero-order valence-electron chi connectivity index (χ0n) is 13.7. The number of amides is 1. The van der Waals surface area contributed by atoms with Crippen molar-refractivity contribution in [1.82, 2.24) is 24.6 Å². The maximum atomic E-state index is 12.8. The first-order valence-corrected chi connectivity index (χ1v) is 7.69. The van der Waals surface area contributed by atoms with E-state index in [1.54, 1.807) is 27.7 Å². The molecule has 0 radical (unpaired) electrons. The van der Waals surface area contributed by atoms with Crippen LogP contribution in [0, 0.1) is 0 Å². The standard InChI is InChI=1S/C15H17F3N6O/c1-10-7-23(13-5-12(15(16,17)18)19-9-20-13)3-4-24(10)14(25)11-6-21-22(2)8-11/h5-6,8-10H,3-4,7H2,1-2H3. The van der Waals surface area contributed by atoms with Crippen molar-refractivity contribution in [2.45, 2.75) is 19.1 Å². The summed E-state index contributed by atoms with van der Waals surface area (Å²) < 4.78 is 39.9. The van der Waals surface area contributed by atoms with E-state index in [2.05, 4.69) is 15.1 Å². The summed E-state index contributed by atoms with van der Waals surface area (Å²) in [5.74, 6) is 0.0709. The molecule has 134 valence electrons. The van der Waals surface area contributed by atoms with Gasteiger partial charge in [0, 0.05) is 45.0 Å². The van der Waals surface area contributed by atoms with Gasteiger partial charge in [0.05, 0.1) is 11.8 Å². The molecule has 0 aromatic carbocycles. The fourth-order valence-electron chi connectivity index (χ4n) is 2.84. The van der Waals surface area contributed by atoms with Gasteiger partial charge in [-0.1, -0.05) is 0 Å². The van der Waals surface area contributed by atoms with Crippen LogP contribution in [0.5, 0.6) is 0 Å². The third-order valence-electron chi connectivity index (χ3n) is 4.11. The highest BCUT2D eigenvalue weighted by molar-refractivity contribution is 5.94. The lowest BCUT2D eigenvalue weighted by atomic mass is 10.1. The number of halogens is 3. The molecule has 1 saturated heterocycles. The number of rotatable bonds is 2. The van der Waals surface area contributed by atoms with Crippen LogP contribution in [0.4, 0.5) is 19.0 Å². The van der Waals surface area contributed by atoms with E-state index in [0.717, 1.165) is 12.4 Å². The summed E-state index contributed by atoms with van der Waals surface area (Å²) >= 11 is 0. The van der Waals surface area contributed by atoms with E-state index in [1.165, 1.54) is 6.20 Å². The Hall–Kier alpha value is -2.65. The number of piperazine rings is 1. The molecule has 1 aliphatic rings. The number of hydrogen-bond donors (Lipinski definition) is 0. The molecule has 1 fully saturated rings. The predicted octanol–water partition coefficient (Wildman–Crippen LogP) is 1.58. The minimum absolute atomic E-state index is 0.140. The Bertz CT molecular complexity index is 775. The van der Waals surface area contributed by atoms with Crippen molar-refractivity contribution in [3.8, 4) is 0 Å². The molecule has 1 unspecified atom stereocenters. The quantitative estimate of drug-likeness (QED) is 0.819. The Morgan fingerprint density at radius 3 is 2.64 bits per heavy atom. The molecule has 10 heteroatoms. The normalized spacial score (nSPS) is 18.5. The highest BCUT2D eigenvalue weighted by atomic mass is 19.4. The SMILES string of the molecule is CC1CN(c2cc(C(F)(F)F)ncn2)CCN1C(=O)c1cnn(C)c1. The van der Waals surface area contributed by atoms with Gasteiger partial charge in [0.2, 0.25) is 0 Å². The lowest BCUT2D eigenvalue weighted by molar-refractivity contribution is -0.141. The molecular formula is C15H17F3N6O. The van der Waals surface area contributed by atoms with Gasteiger partial charge in [-0.15, -0.1) is 0 Å². The van der Waals surface area contributed by atoms with E-state index in [0.29, 0.717) is 25.2 Å². The fraction of sp³-hybridized carbons (Fsp3) is 0.467. The lowest BCUT2D eigenvalue weighted by Gasteiger charge is -2.40. The smallest absolute Gasteiger partial charge is 0.353 e. The van der Waals surface area contributed by atoms with Crippen molar-refractivity contribution in [1.29, 1.82) is 0 Å². The molecule has 0 aliphatic carbocycles. The Morgan fingerprint density at radius 1 is 1.28 bits per heavy atom. The van der Waals surface area contributed by atoms with Crippen molar-refractivity contribution in [2.75, 3.05) is 24.5 Å². The average molecular weight is 354 g/mol. The molecule has 1 atom stereocenters. The number of anilines is 1. The number of aromatic nitrogens is 4. The second-order valence-electron chi connectivity index (χ2n) is 5.96. The maximum Gasteiger partial charge on any atom is 0.433 e. The summed E-state index contributed by atoms with van der Waals surface area (Å²) in [6.45, 7) is 3.03. The topological polar surface area (TPSA) is 67.2 Å². The third kappa shape index (κ3) is 3.57. The first-order valence-electron chi connectivity index (χ1n) is 7.69. The van der Waals surface area contributed by atoms with E-state index in [9.17, 15) is 18.0 Å². The van der Waals surface area contributed by atoms with Crippen LogP contribution in [0.3, 0.4) is 0 Å². The van der Waals surface area contributed by atoms with Gasteiger partial charge in [-0.2, -0.15) is 18.3 Å². The molecule has 7 nitrogen and oxygen atoms in total. The molecule has 0 bridgehead atoms. The molecular weight excluding hydrogens is 337 g/mol. The fourth-order valence-corrected chi connectivity index (χ4v) is 2.84. The molecule has 0 saturated carbocycles. The van der Waals surface area contributed by atoms with Gasteiger partial charge in [0.25, 0.3) is 5.91 Å². The predicted molar refractivity (Wildman–Crippen MR) is 83.0 cm³/mol. The second kappa shape index (κ2) is 6.34. The molecule has 25 heavy (non-hydrogen) atoms. The monoisotopic (exact) mass is 354 g/mol. The van der Waals surface area contributed by atoms with Gasteiger partial charge in [-0.05, 0) is 6.92 Å². The van der Waals surface area contributed by atoms with Crippen LogP contribution in [-0.4, -0.2) is 56.2 Å². The zero-order valence-corrected chi connectivity index (χ0v) is 13.7. The van der Waals surface area contributed by atoms with E-state index in [4.69, 9.17) is 0 Å². The van der Waals surface area contributed by atoms with Crippen LogP contribution in [0.2, 0.25) is 0 Å². The molecule has 0 N–H and O–H groups in total. The molecule has 3 rings (SSSR count). The van der Waals surface area contributed by atoms with Crippen LogP contribution < -0.4 is 4.90 Å². The van der Waals surface area contributed by atoms with Crippen LogP contribution >= 0.6 is 0 Å². The lowest BCUT2D eigenvalue weighted by Crippen LogP contribution is -2.54. The average Bonchev–Trinajstić information content (AvgIpc) is 3.00. The summed E-state index contributed by atoms with van der Waals surface area (Å²) in [5.41, 5.74) is -0.483. The first kappa shape index (κ1) is 17.2. The van der Waals surface area contributed by atoms with Gasteiger partial charge >= 0.3 is 6.18 Å². The van der Waals surface area contributed by atoms with Crippen molar-refractivity contribution < 1.29 is 18.0 Å². The molecule has 3 heterocycles. The molecule has 2 aromatic rings. The highest BCUT2D eigenvalue weighted by Crippen LogP contribution is 2.29. The molecule has 1 aliphatic heterocycles. The summed E-state index contributed by atoms with van der Waals surface area (Å²) in [6.07, 6.45) is -0.458. The Morgan fingerprint density at radius 2 is 2.04 bits per heavy atom. The highest BCUT2D eigenvalue weighted by Gasteiger charge is 2.34. The largest absolute Gasteiger partial charge is 0.433 e. The summed E-state index contributed by atoms with van der Waals surface area (Å²) in [7, 11) is 1.73. The number of alkyl halides is 3. The van der Waals surface area contributed by atoms with Gasteiger partial charge in [0.15, 0.2) is 0 Å². The Kier molecular flexibility index (Phi) is 4.36. The molecule has 2 aromatic heterocycles. The van der Waals surface area contributed by atoms with E-state index < -0.39 is 11.9 Å². The number of nitrogens with zero attached hydrogens (tertiary/aromatic N) is 6. The first-order chi connectivity index (χ1) is 11.8. The summed E-state index contributed by atoms with van der Waals surface area (Å²) in [4.78, 5) is 23.2. The summed E-state index contributed by atoms with van der Waals surface area (Å²) in [5, 5.41) is 3.99. The number of carbonyl (C=O) groups is 1. The number of aryl methyl sites for hydroxylation is 1. The Labute approximate surface area is 142 Å². The maximum absolute atomic E-state index is 12.8. The summed E-state index contributed by atoms with van der Waals surface area (Å²) in [6, 6.07) is 0.761. The van der Waals surface area contributed by atoms with E-state index in [-0.39, 0.29) is 17.8 Å². The van der Waals surface area contributed by atoms with Crippen molar-refractivity contribution >= 4 is 11.7 Å². The Balaban J connectivity index is 1.73. The van der Waals surface area contributed by atoms with Gasteiger partial charge < -0.3 is 9.80 Å². The van der Waals surface area contributed by atoms with Gasteiger partial charge in [-0.25, -0.2) is 9.97 Å². The minimum atomic E-state index is -4.51. The third-order valence-corrected chi connectivity index (χ3v) is 4.11. The van der Waals surface area contributed by atoms with Crippen LogP contribution in [0.1, 0.15) is 23.0 Å². The molecule has 1 amide bonds. The van der Waals surface area contributed by atoms with Crippen molar-refractivity contribution in [3.05, 3.63) is 36.0 Å². The van der Waals surface area contributed by atoms with Gasteiger partial charge in [-0.3, -0.25) is 9.48 Å². The van der Waals surface area contributed by atoms with E-state index >= 15 is 0 Å². The van der Waals surface area contributed by atoms with Crippen LogP contribution in [0.25, 0.3) is 0 Å². The minimum Gasteiger partial charge on any atom is -0.353 e. The van der Waals surface area contributed by atoms with Crippen LogP contribution in [0.15, 0.2) is 24.8 Å².